The summed E-state index contributed by atoms with van der Waals surface area (Å²) < 4.78 is 17.0. The normalized spacial score (nSPS) is 15.1. The number of fused-ring (bicyclic) bond motifs is 2. The van der Waals surface area contributed by atoms with Crippen LogP contribution in [0.3, 0.4) is 0 Å². The molecule has 5 rings (SSSR count). The lowest BCUT2D eigenvalue weighted by Gasteiger charge is -2.22. The summed E-state index contributed by atoms with van der Waals surface area (Å²) in [6.45, 7) is 6.53. The van der Waals surface area contributed by atoms with Crippen molar-refractivity contribution in [2.24, 2.45) is 0 Å². The van der Waals surface area contributed by atoms with Crippen molar-refractivity contribution in [3.63, 3.8) is 0 Å². The Balaban J connectivity index is 1.71. The molecule has 0 N–H and O–H groups in total. The van der Waals surface area contributed by atoms with Crippen LogP contribution in [0.25, 0.3) is 11.0 Å². The molecule has 8 heteroatoms. The Labute approximate surface area is 200 Å². The molecular weight excluding hydrogens is 452 g/mol. The lowest BCUT2D eigenvalue weighted by molar-refractivity contribution is 0.0971. The molecule has 2 aromatic carbocycles. The third-order valence-electron chi connectivity index (χ3n) is 5.97. The second kappa shape index (κ2) is 8.61. The van der Waals surface area contributed by atoms with E-state index in [1.54, 1.807) is 23.1 Å². The van der Waals surface area contributed by atoms with Gasteiger partial charge in [-0.25, -0.2) is 4.98 Å². The summed E-state index contributed by atoms with van der Waals surface area (Å²) in [6.07, 6.45) is 0.904. The molecular formula is C26H24N2O5S. The number of carbonyl (C=O) groups is 1. The van der Waals surface area contributed by atoms with E-state index in [1.165, 1.54) is 18.4 Å². The highest BCUT2D eigenvalue weighted by Crippen LogP contribution is 2.43. The zero-order valence-electron chi connectivity index (χ0n) is 19.4. The summed E-state index contributed by atoms with van der Waals surface area (Å²) in [4.78, 5) is 34.5. The van der Waals surface area contributed by atoms with Crippen LogP contribution in [-0.4, -0.2) is 24.6 Å². The Morgan fingerprint density at radius 3 is 2.47 bits per heavy atom. The Hall–Kier alpha value is -3.65. The molecule has 0 saturated carbocycles. The summed E-state index contributed by atoms with van der Waals surface area (Å²) in [5, 5.41) is 0.928. The number of carbonyl (C=O) groups excluding carboxylic acids is 1. The molecule has 2 aromatic heterocycles. The van der Waals surface area contributed by atoms with E-state index in [2.05, 4.69) is 4.98 Å². The van der Waals surface area contributed by atoms with Crippen molar-refractivity contribution in [3.8, 4) is 11.5 Å². The Kier molecular flexibility index (Phi) is 5.61. The van der Waals surface area contributed by atoms with Gasteiger partial charge in [-0.15, -0.1) is 11.3 Å². The van der Waals surface area contributed by atoms with Gasteiger partial charge < -0.3 is 13.9 Å². The fourth-order valence-corrected chi connectivity index (χ4v) is 5.05. The summed E-state index contributed by atoms with van der Waals surface area (Å²) in [5.74, 6) is 0.929. The van der Waals surface area contributed by atoms with E-state index in [0.29, 0.717) is 34.0 Å². The molecule has 0 bridgehead atoms. The second-order valence-electron chi connectivity index (χ2n) is 8.17. The lowest BCUT2D eigenvalue weighted by Crippen LogP contribution is -2.29. The lowest BCUT2D eigenvalue weighted by atomic mass is 9.98. The highest BCUT2D eigenvalue weighted by molar-refractivity contribution is 7.15. The van der Waals surface area contributed by atoms with E-state index in [4.69, 9.17) is 13.9 Å². The van der Waals surface area contributed by atoms with Gasteiger partial charge in [0.1, 0.15) is 17.1 Å². The zero-order valence-corrected chi connectivity index (χ0v) is 20.2. The SMILES string of the molecule is CCCOc1ccc(C2c3c(oc4cc(OC)ccc4c3=O)C(=O)N2c2nc(C)c(C)s2)cc1. The molecule has 7 nitrogen and oxygen atoms in total. The first-order valence-electron chi connectivity index (χ1n) is 11.1. The Morgan fingerprint density at radius 1 is 1.09 bits per heavy atom. The standard InChI is InChI=1S/C26H24N2O5S/c1-5-12-32-17-8-6-16(7-9-17)22-21-23(29)19-11-10-18(31-4)13-20(19)33-24(21)25(30)28(22)26-27-14(2)15(3)34-26/h6-11,13,22H,5,12H2,1-4H3. The number of nitrogens with zero attached hydrogens (tertiary/aromatic N) is 2. The smallest absolute Gasteiger partial charge is 0.297 e. The van der Waals surface area contributed by atoms with Crippen molar-refractivity contribution in [2.45, 2.75) is 33.2 Å². The van der Waals surface area contributed by atoms with Gasteiger partial charge in [-0.05, 0) is 50.1 Å². The van der Waals surface area contributed by atoms with E-state index in [-0.39, 0.29) is 17.1 Å². The van der Waals surface area contributed by atoms with E-state index < -0.39 is 6.04 Å². The molecule has 0 spiro atoms. The number of hydrogen-bond donors (Lipinski definition) is 0. The number of ether oxygens (including phenoxy) is 2. The summed E-state index contributed by atoms with van der Waals surface area (Å²) in [7, 11) is 1.54. The van der Waals surface area contributed by atoms with Gasteiger partial charge in [0.15, 0.2) is 10.6 Å². The first-order valence-corrected chi connectivity index (χ1v) is 11.9. The van der Waals surface area contributed by atoms with Gasteiger partial charge in [0, 0.05) is 10.9 Å². The number of rotatable bonds is 6. The van der Waals surface area contributed by atoms with Crippen molar-refractivity contribution >= 4 is 33.3 Å². The van der Waals surface area contributed by atoms with Gasteiger partial charge in [-0.3, -0.25) is 14.5 Å². The van der Waals surface area contributed by atoms with E-state index in [0.717, 1.165) is 28.3 Å². The molecule has 0 fully saturated rings. The first kappa shape index (κ1) is 22.2. The minimum absolute atomic E-state index is 0.0348. The second-order valence-corrected chi connectivity index (χ2v) is 9.35. The van der Waals surface area contributed by atoms with Crippen LogP contribution >= 0.6 is 11.3 Å². The number of anilines is 1. The van der Waals surface area contributed by atoms with E-state index in [9.17, 15) is 9.59 Å². The maximum absolute atomic E-state index is 13.7. The molecule has 174 valence electrons. The third kappa shape index (κ3) is 3.54. The molecule has 0 aliphatic carbocycles. The number of thiazole rings is 1. The fourth-order valence-electron chi connectivity index (χ4n) is 4.12. The van der Waals surface area contributed by atoms with Crippen LogP contribution in [0, 0.1) is 13.8 Å². The quantitative estimate of drug-likeness (QED) is 0.370. The van der Waals surface area contributed by atoms with Gasteiger partial charge in [0.2, 0.25) is 5.76 Å². The molecule has 1 atom stereocenters. The number of aryl methyl sites for hydroxylation is 2. The molecule has 1 amide bonds. The highest BCUT2D eigenvalue weighted by Gasteiger charge is 2.45. The van der Waals surface area contributed by atoms with Crippen molar-refractivity contribution < 1.29 is 18.7 Å². The average Bonchev–Trinajstić information content (AvgIpc) is 3.33. The Morgan fingerprint density at radius 2 is 1.82 bits per heavy atom. The Bertz CT molecular complexity index is 1440. The molecule has 0 saturated heterocycles. The maximum atomic E-state index is 13.7. The monoisotopic (exact) mass is 476 g/mol. The average molecular weight is 477 g/mol. The van der Waals surface area contributed by atoms with Crippen LogP contribution in [0.2, 0.25) is 0 Å². The number of benzene rings is 2. The molecule has 0 radical (unpaired) electrons. The largest absolute Gasteiger partial charge is 0.497 e. The van der Waals surface area contributed by atoms with Crippen LogP contribution in [0.1, 0.15) is 51.6 Å². The summed E-state index contributed by atoms with van der Waals surface area (Å²) in [6, 6.07) is 11.8. The fraction of sp³-hybridized carbons (Fsp3) is 0.269. The minimum atomic E-state index is -0.657. The molecule has 4 aromatic rings. The van der Waals surface area contributed by atoms with Gasteiger partial charge in [-0.1, -0.05) is 19.1 Å². The van der Waals surface area contributed by atoms with Crippen molar-refractivity contribution in [2.75, 3.05) is 18.6 Å². The number of hydrogen-bond acceptors (Lipinski definition) is 7. The predicted octanol–water partition coefficient (Wildman–Crippen LogP) is 5.41. The maximum Gasteiger partial charge on any atom is 0.297 e. The van der Waals surface area contributed by atoms with Gasteiger partial charge in [-0.2, -0.15) is 0 Å². The van der Waals surface area contributed by atoms with Gasteiger partial charge in [0.25, 0.3) is 5.91 Å². The predicted molar refractivity (Wildman–Crippen MR) is 132 cm³/mol. The van der Waals surface area contributed by atoms with Crippen LogP contribution in [-0.2, 0) is 0 Å². The van der Waals surface area contributed by atoms with Gasteiger partial charge >= 0.3 is 0 Å². The van der Waals surface area contributed by atoms with Crippen LogP contribution in [0.5, 0.6) is 11.5 Å². The number of aromatic nitrogens is 1. The van der Waals surface area contributed by atoms with Crippen molar-refractivity contribution in [1.82, 2.24) is 4.98 Å². The first-order chi connectivity index (χ1) is 16.4. The highest BCUT2D eigenvalue weighted by atomic mass is 32.1. The number of amides is 1. The molecule has 1 unspecified atom stereocenters. The molecule has 3 heterocycles. The summed E-state index contributed by atoms with van der Waals surface area (Å²) in [5.41, 5.74) is 2.01. The molecule has 1 aliphatic heterocycles. The number of methoxy groups -OCH3 is 1. The topological polar surface area (TPSA) is 81.9 Å². The third-order valence-corrected chi connectivity index (χ3v) is 7.04. The van der Waals surface area contributed by atoms with Crippen molar-refractivity contribution in [1.29, 1.82) is 0 Å². The van der Waals surface area contributed by atoms with Crippen LogP contribution in [0.4, 0.5) is 5.13 Å². The molecule has 1 aliphatic rings. The van der Waals surface area contributed by atoms with Gasteiger partial charge in [0.05, 0.1) is 36.4 Å². The van der Waals surface area contributed by atoms with Crippen molar-refractivity contribution in [3.05, 3.63) is 80.1 Å². The molecule has 34 heavy (non-hydrogen) atoms. The van der Waals surface area contributed by atoms with Crippen LogP contribution < -0.4 is 19.8 Å². The van der Waals surface area contributed by atoms with E-state index in [1.807, 2.05) is 45.0 Å². The zero-order chi connectivity index (χ0) is 24.0. The summed E-state index contributed by atoms with van der Waals surface area (Å²) >= 11 is 1.42. The van der Waals surface area contributed by atoms with Crippen LogP contribution in [0.15, 0.2) is 51.7 Å². The minimum Gasteiger partial charge on any atom is -0.497 e. The van der Waals surface area contributed by atoms with E-state index >= 15 is 0 Å².